The molecule has 2 aromatic rings. The lowest BCUT2D eigenvalue weighted by molar-refractivity contribution is 0.214. The Morgan fingerprint density at radius 3 is 2.39 bits per heavy atom. The molecule has 0 bridgehead atoms. The summed E-state index contributed by atoms with van der Waals surface area (Å²) in [6.07, 6.45) is -1.35. The van der Waals surface area contributed by atoms with E-state index in [0.29, 0.717) is 0 Å². The topological polar surface area (TPSA) is 20.2 Å². The summed E-state index contributed by atoms with van der Waals surface area (Å²) < 4.78 is 39.8. The van der Waals surface area contributed by atoms with Crippen molar-refractivity contribution in [2.75, 3.05) is 0 Å². The van der Waals surface area contributed by atoms with E-state index in [1.165, 1.54) is 18.2 Å². The summed E-state index contributed by atoms with van der Waals surface area (Å²) in [6.45, 7) is 0. The van der Waals surface area contributed by atoms with Crippen LogP contribution in [0.3, 0.4) is 0 Å². The quantitative estimate of drug-likeness (QED) is 0.889. The highest BCUT2D eigenvalue weighted by Gasteiger charge is 2.18. The second kappa shape index (κ2) is 5.12. The van der Waals surface area contributed by atoms with Crippen molar-refractivity contribution >= 4 is 15.9 Å². The Morgan fingerprint density at radius 1 is 1.00 bits per heavy atom. The van der Waals surface area contributed by atoms with Crippen molar-refractivity contribution in [1.29, 1.82) is 0 Å². The van der Waals surface area contributed by atoms with Gasteiger partial charge < -0.3 is 5.11 Å². The molecule has 1 nitrogen and oxygen atoms in total. The van der Waals surface area contributed by atoms with Crippen molar-refractivity contribution in [3.63, 3.8) is 0 Å². The Hall–Kier alpha value is -1.33. The van der Waals surface area contributed by atoms with E-state index >= 15 is 0 Å². The van der Waals surface area contributed by atoms with Crippen LogP contribution < -0.4 is 0 Å². The molecule has 1 atom stereocenters. The van der Waals surface area contributed by atoms with Gasteiger partial charge in [0.15, 0.2) is 11.6 Å². The monoisotopic (exact) mass is 316 g/mol. The van der Waals surface area contributed by atoms with Crippen LogP contribution in [0, 0.1) is 17.5 Å². The molecule has 2 rings (SSSR count). The Morgan fingerprint density at radius 2 is 1.72 bits per heavy atom. The molecule has 0 saturated heterocycles. The molecule has 18 heavy (non-hydrogen) atoms. The van der Waals surface area contributed by atoms with E-state index in [9.17, 15) is 18.3 Å². The molecule has 0 spiro atoms. The third-order valence-electron chi connectivity index (χ3n) is 2.54. The first-order valence-corrected chi connectivity index (χ1v) is 5.87. The van der Waals surface area contributed by atoms with Crippen molar-refractivity contribution in [3.05, 3.63) is 69.4 Å². The van der Waals surface area contributed by atoms with Gasteiger partial charge in [0.1, 0.15) is 11.9 Å². The fourth-order valence-electron chi connectivity index (χ4n) is 1.59. The molecule has 94 valence electrons. The zero-order valence-corrected chi connectivity index (χ0v) is 10.6. The van der Waals surface area contributed by atoms with Gasteiger partial charge in [0.05, 0.1) is 4.47 Å². The summed E-state index contributed by atoms with van der Waals surface area (Å²) in [4.78, 5) is 0. The molecule has 0 radical (unpaired) electrons. The third kappa shape index (κ3) is 2.42. The largest absolute Gasteiger partial charge is 0.384 e. The summed E-state index contributed by atoms with van der Waals surface area (Å²) in [5.41, 5.74) is 0.0845. The normalized spacial score (nSPS) is 12.5. The maximum absolute atomic E-state index is 13.7. The molecular formula is C13H8BrF3O. The van der Waals surface area contributed by atoms with E-state index in [1.54, 1.807) is 6.07 Å². The Bertz CT molecular complexity index is 586. The van der Waals surface area contributed by atoms with E-state index in [2.05, 4.69) is 15.9 Å². The molecule has 5 heteroatoms. The second-order valence-electron chi connectivity index (χ2n) is 3.72. The van der Waals surface area contributed by atoms with E-state index in [4.69, 9.17) is 0 Å². The van der Waals surface area contributed by atoms with Crippen LogP contribution in [0.1, 0.15) is 17.2 Å². The van der Waals surface area contributed by atoms with Crippen LogP contribution in [0.2, 0.25) is 0 Å². The number of rotatable bonds is 2. The highest BCUT2D eigenvalue weighted by molar-refractivity contribution is 9.10. The van der Waals surface area contributed by atoms with Gasteiger partial charge in [0, 0.05) is 5.56 Å². The molecule has 1 N–H and O–H groups in total. The number of aliphatic hydroxyl groups is 1. The average molecular weight is 317 g/mol. The third-order valence-corrected chi connectivity index (χ3v) is 3.15. The SMILES string of the molecule is OC(c1ccc(F)c(F)c1)c1cccc(Br)c1F. The van der Waals surface area contributed by atoms with Crippen LogP contribution in [-0.4, -0.2) is 5.11 Å². The van der Waals surface area contributed by atoms with Gasteiger partial charge in [0.2, 0.25) is 0 Å². The zero-order valence-electron chi connectivity index (χ0n) is 9.00. The standard InChI is InChI=1S/C13H8BrF3O/c14-9-3-1-2-8(12(9)17)13(18)7-4-5-10(15)11(16)6-7/h1-6,13,18H. The van der Waals surface area contributed by atoms with Crippen molar-refractivity contribution in [2.45, 2.75) is 6.10 Å². The van der Waals surface area contributed by atoms with E-state index in [1.807, 2.05) is 0 Å². The molecule has 1 unspecified atom stereocenters. The Labute approximate surface area is 110 Å². The van der Waals surface area contributed by atoms with Crippen LogP contribution in [0.25, 0.3) is 0 Å². The molecule has 0 fully saturated rings. The van der Waals surface area contributed by atoms with Crippen LogP contribution >= 0.6 is 15.9 Å². The van der Waals surface area contributed by atoms with E-state index in [0.717, 1.165) is 12.1 Å². The van der Waals surface area contributed by atoms with Gasteiger partial charge in [0.25, 0.3) is 0 Å². The van der Waals surface area contributed by atoms with Gasteiger partial charge in [-0.1, -0.05) is 18.2 Å². The number of hydrogen-bond acceptors (Lipinski definition) is 1. The Kier molecular flexibility index (Phi) is 3.73. The van der Waals surface area contributed by atoms with Crippen molar-refractivity contribution in [1.82, 2.24) is 0 Å². The van der Waals surface area contributed by atoms with Crippen LogP contribution in [0.4, 0.5) is 13.2 Å². The minimum absolute atomic E-state index is 0.00427. The van der Waals surface area contributed by atoms with Crippen molar-refractivity contribution in [2.24, 2.45) is 0 Å². The highest BCUT2D eigenvalue weighted by atomic mass is 79.9. The van der Waals surface area contributed by atoms with Crippen LogP contribution in [0.15, 0.2) is 40.9 Å². The van der Waals surface area contributed by atoms with Crippen LogP contribution in [-0.2, 0) is 0 Å². The summed E-state index contributed by atoms with van der Waals surface area (Å²) in [5.74, 6) is -2.72. The minimum atomic E-state index is -1.35. The summed E-state index contributed by atoms with van der Waals surface area (Å²) >= 11 is 2.99. The maximum atomic E-state index is 13.7. The van der Waals surface area contributed by atoms with Gasteiger partial charge in [-0.25, -0.2) is 13.2 Å². The molecule has 0 aliphatic heterocycles. The molecule has 0 aliphatic rings. The van der Waals surface area contributed by atoms with Gasteiger partial charge in [-0.2, -0.15) is 0 Å². The molecule has 0 heterocycles. The lowest BCUT2D eigenvalue weighted by Crippen LogP contribution is -2.04. The van der Waals surface area contributed by atoms with Gasteiger partial charge in [-0.3, -0.25) is 0 Å². The van der Waals surface area contributed by atoms with Crippen LogP contribution in [0.5, 0.6) is 0 Å². The number of aliphatic hydroxyl groups excluding tert-OH is 1. The first kappa shape index (κ1) is 13.1. The predicted octanol–water partition coefficient (Wildman–Crippen LogP) is 3.95. The Balaban J connectivity index is 2.44. The van der Waals surface area contributed by atoms with E-state index in [-0.39, 0.29) is 15.6 Å². The number of benzene rings is 2. The molecular weight excluding hydrogens is 309 g/mol. The fourth-order valence-corrected chi connectivity index (χ4v) is 1.98. The summed E-state index contributed by atoms with van der Waals surface area (Å²) in [6, 6.07) is 7.36. The smallest absolute Gasteiger partial charge is 0.159 e. The molecule has 0 aromatic heterocycles. The van der Waals surface area contributed by atoms with E-state index < -0.39 is 23.6 Å². The minimum Gasteiger partial charge on any atom is -0.384 e. The molecule has 0 saturated carbocycles. The van der Waals surface area contributed by atoms with Gasteiger partial charge in [-0.05, 0) is 39.7 Å². The van der Waals surface area contributed by atoms with Gasteiger partial charge >= 0.3 is 0 Å². The van der Waals surface area contributed by atoms with Crippen molar-refractivity contribution in [3.8, 4) is 0 Å². The first-order chi connectivity index (χ1) is 8.50. The second-order valence-corrected chi connectivity index (χ2v) is 4.57. The first-order valence-electron chi connectivity index (χ1n) is 5.07. The van der Waals surface area contributed by atoms with Crippen molar-refractivity contribution < 1.29 is 18.3 Å². The molecule has 0 aliphatic carbocycles. The lowest BCUT2D eigenvalue weighted by atomic mass is 10.0. The summed E-state index contributed by atoms with van der Waals surface area (Å²) in [7, 11) is 0. The molecule has 0 amide bonds. The number of halogens is 4. The predicted molar refractivity (Wildman–Crippen MR) is 64.5 cm³/mol. The summed E-state index contributed by atoms with van der Waals surface area (Å²) in [5, 5.41) is 9.96. The highest BCUT2D eigenvalue weighted by Crippen LogP contribution is 2.28. The molecule has 2 aromatic carbocycles. The number of hydrogen-bond donors (Lipinski definition) is 1. The average Bonchev–Trinajstić information content (AvgIpc) is 2.35. The maximum Gasteiger partial charge on any atom is 0.159 e. The fraction of sp³-hybridized carbons (Fsp3) is 0.0769. The lowest BCUT2D eigenvalue weighted by Gasteiger charge is -2.13. The van der Waals surface area contributed by atoms with Gasteiger partial charge in [-0.15, -0.1) is 0 Å². The zero-order chi connectivity index (χ0) is 13.3.